The number of benzene rings is 2. The van der Waals surface area contributed by atoms with Gasteiger partial charge in [-0.15, -0.1) is 0 Å². The topological polar surface area (TPSA) is 75.6 Å². The van der Waals surface area contributed by atoms with E-state index in [1.165, 1.54) is 0 Å². The summed E-state index contributed by atoms with van der Waals surface area (Å²) in [6, 6.07) is 7.45. The van der Waals surface area contributed by atoms with E-state index in [0.717, 1.165) is 11.1 Å². The van der Waals surface area contributed by atoms with E-state index >= 15 is 0 Å². The Labute approximate surface area is 157 Å². The molecule has 2 heterocycles. The lowest BCUT2D eigenvalue weighted by atomic mass is 9.83. The van der Waals surface area contributed by atoms with Gasteiger partial charge in [0.1, 0.15) is 5.75 Å². The zero-order valence-corrected chi connectivity index (χ0v) is 15.7. The summed E-state index contributed by atoms with van der Waals surface area (Å²) in [6.45, 7) is 1.81. The fourth-order valence-corrected chi connectivity index (χ4v) is 3.67. The first-order valence-corrected chi connectivity index (χ1v) is 8.60. The molecule has 2 aliphatic rings. The molecular weight excluding hydrogens is 352 g/mol. The van der Waals surface area contributed by atoms with Crippen molar-refractivity contribution < 1.29 is 33.5 Å². The van der Waals surface area contributed by atoms with Crippen molar-refractivity contribution in [3.63, 3.8) is 0 Å². The third-order valence-electron chi connectivity index (χ3n) is 4.88. The van der Waals surface area contributed by atoms with Gasteiger partial charge in [-0.1, -0.05) is 0 Å². The Morgan fingerprint density at radius 2 is 1.56 bits per heavy atom. The highest BCUT2D eigenvalue weighted by atomic mass is 16.7. The predicted molar refractivity (Wildman–Crippen MR) is 96.4 cm³/mol. The molecule has 0 aromatic heterocycles. The van der Waals surface area contributed by atoms with E-state index in [4.69, 9.17) is 28.4 Å². The predicted octanol–water partition coefficient (Wildman–Crippen LogP) is 3.06. The summed E-state index contributed by atoms with van der Waals surface area (Å²) in [5.74, 6) is 1.98. The molecule has 2 atom stereocenters. The number of methoxy groups -OCH3 is 3. The minimum Gasteiger partial charge on any atom is -0.493 e. The molecule has 2 aliphatic heterocycles. The Bertz CT molecular complexity index is 850. The molecule has 0 saturated heterocycles. The van der Waals surface area contributed by atoms with Crippen LogP contribution < -0.4 is 28.4 Å². The normalized spacial score (nSPS) is 22.6. The molecule has 1 N–H and O–H groups in total. The molecule has 0 bridgehead atoms. The number of hydrogen-bond donors (Lipinski definition) is 1. The maximum Gasteiger partial charge on any atom is 0.231 e. The van der Waals surface area contributed by atoms with Crippen molar-refractivity contribution in [3.05, 3.63) is 35.4 Å². The molecule has 0 fully saturated rings. The molecule has 0 radical (unpaired) electrons. The van der Waals surface area contributed by atoms with E-state index in [-0.39, 0.29) is 12.7 Å². The van der Waals surface area contributed by atoms with Gasteiger partial charge < -0.3 is 33.5 Å². The average Bonchev–Trinajstić information content (AvgIpc) is 3.11. The van der Waals surface area contributed by atoms with Gasteiger partial charge in [-0.3, -0.25) is 0 Å². The summed E-state index contributed by atoms with van der Waals surface area (Å²) in [4.78, 5) is 0. The van der Waals surface area contributed by atoms with Gasteiger partial charge in [0.15, 0.2) is 23.0 Å². The standard InChI is InChI=1S/C20H22O7/c1-20(21)9-13(11-5-17(22-2)19(24-4)18(6-11)23-3)12-7-15-16(26-10-25-15)8-14(12)27-20/h5-8,13,21H,9-10H2,1-4H3/t13-,20-/m1/s1. The highest BCUT2D eigenvalue weighted by Crippen LogP contribution is 2.51. The third-order valence-corrected chi connectivity index (χ3v) is 4.88. The lowest BCUT2D eigenvalue weighted by Gasteiger charge is -2.36. The van der Waals surface area contributed by atoms with E-state index in [1.54, 1.807) is 34.3 Å². The maximum absolute atomic E-state index is 10.7. The molecule has 27 heavy (non-hydrogen) atoms. The van der Waals surface area contributed by atoms with Crippen molar-refractivity contribution in [2.75, 3.05) is 28.1 Å². The van der Waals surface area contributed by atoms with Crippen LogP contribution in [0.15, 0.2) is 24.3 Å². The van der Waals surface area contributed by atoms with Gasteiger partial charge in [0, 0.05) is 30.9 Å². The Balaban J connectivity index is 1.87. The fraction of sp³-hybridized carbons (Fsp3) is 0.400. The second kappa shape index (κ2) is 6.42. The molecular formula is C20H22O7. The molecule has 7 heteroatoms. The van der Waals surface area contributed by atoms with Gasteiger partial charge in [0.05, 0.1) is 21.3 Å². The van der Waals surface area contributed by atoms with E-state index in [9.17, 15) is 5.11 Å². The maximum atomic E-state index is 10.7. The lowest BCUT2D eigenvalue weighted by Crippen LogP contribution is -2.38. The van der Waals surface area contributed by atoms with E-state index in [1.807, 2.05) is 18.2 Å². The van der Waals surface area contributed by atoms with Crippen molar-refractivity contribution in [2.24, 2.45) is 0 Å². The highest BCUT2D eigenvalue weighted by Gasteiger charge is 2.38. The Morgan fingerprint density at radius 1 is 0.926 bits per heavy atom. The monoisotopic (exact) mass is 374 g/mol. The zero-order chi connectivity index (χ0) is 19.2. The van der Waals surface area contributed by atoms with Crippen molar-refractivity contribution in [1.29, 1.82) is 0 Å². The van der Waals surface area contributed by atoms with Crippen molar-refractivity contribution in [3.8, 4) is 34.5 Å². The van der Waals surface area contributed by atoms with Gasteiger partial charge in [0.25, 0.3) is 0 Å². The summed E-state index contributed by atoms with van der Waals surface area (Å²) in [5.41, 5.74) is 1.81. The smallest absolute Gasteiger partial charge is 0.231 e. The molecule has 0 aliphatic carbocycles. The lowest BCUT2D eigenvalue weighted by molar-refractivity contribution is -0.137. The Morgan fingerprint density at radius 3 is 2.15 bits per heavy atom. The average molecular weight is 374 g/mol. The van der Waals surface area contributed by atoms with Gasteiger partial charge in [-0.25, -0.2) is 0 Å². The molecule has 0 amide bonds. The van der Waals surface area contributed by atoms with E-state index in [0.29, 0.717) is 40.9 Å². The molecule has 0 saturated carbocycles. The first kappa shape index (κ1) is 17.6. The fourth-order valence-electron chi connectivity index (χ4n) is 3.67. The minimum absolute atomic E-state index is 0.160. The van der Waals surface area contributed by atoms with Crippen LogP contribution in [-0.4, -0.2) is 39.0 Å². The first-order valence-electron chi connectivity index (χ1n) is 8.60. The molecule has 2 aromatic carbocycles. The van der Waals surface area contributed by atoms with Crippen molar-refractivity contribution in [2.45, 2.75) is 25.0 Å². The van der Waals surface area contributed by atoms with E-state index < -0.39 is 5.79 Å². The second-order valence-corrected chi connectivity index (χ2v) is 6.74. The number of ether oxygens (including phenoxy) is 6. The SMILES string of the molecule is COc1cc([C@H]2C[C@](C)(O)Oc3cc4c(cc32)OCO4)cc(OC)c1OC. The third kappa shape index (κ3) is 2.98. The molecule has 0 spiro atoms. The number of rotatable bonds is 4. The van der Waals surface area contributed by atoms with Crippen LogP contribution in [-0.2, 0) is 0 Å². The minimum atomic E-state index is -1.33. The largest absolute Gasteiger partial charge is 0.493 e. The first-order chi connectivity index (χ1) is 13.0. The van der Waals surface area contributed by atoms with Crippen LogP contribution in [0.4, 0.5) is 0 Å². The number of hydrogen-bond acceptors (Lipinski definition) is 7. The van der Waals surface area contributed by atoms with E-state index in [2.05, 4.69) is 0 Å². The molecule has 2 aromatic rings. The summed E-state index contributed by atoms with van der Waals surface area (Å²) in [5, 5.41) is 10.7. The summed E-state index contributed by atoms with van der Waals surface area (Å²) < 4.78 is 33.1. The van der Waals surface area contributed by atoms with Crippen LogP contribution >= 0.6 is 0 Å². The van der Waals surface area contributed by atoms with Crippen LogP contribution in [0.2, 0.25) is 0 Å². The molecule has 4 rings (SSSR count). The molecule has 144 valence electrons. The van der Waals surface area contributed by atoms with Crippen molar-refractivity contribution in [1.82, 2.24) is 0 Å². The zero-order valence-electron chi connectivity index (χ0n) is 15.7. The molecule has 7 nitrogen and oxygen atoms in total. The van der Waals surface area contributed by atoms with Gasteiger partial charge >= 0.3 is 0 Å². The summed E-state index contributed by atoms with van der Waals surface area (Å²) in [6.07, 6.45) is 0.359. The quantitative estimate of drug-likeness (QED) is 0.881. The summed E-state index contributed by atoms with van der Waals surface area (Å²) in [7, 11) is 4.72. The Kier molecular flexibility index (Phi) is 4.19. The van der Waals surface area contributed by atoms with Crippen LogP contribution in [0.25, 0.3) is 0 Å². The van der Waals surface area contributed by atoms with Crippen LogP contribution in [0, 0.1) is 0 Å². The van der Waals surface area contributed by atoms with Crippen LogP contribution in [0.5, 0.6) is 34.5 Å². The van der Waals surface area contributed by atoms with Gasteiger partial charge in [-0.2, -0.15) is 0 Å². The van der Waals surface area contributed by atoms with Crippen molar-refractivity contribution >= 4 is 0 Å². The van der Waals surface area contributed by atoms with Crippen LogP contribution in [0.3, 0.4) is 0 Å². The summed E-state index contributed by atoms with van der Waals surface area (Å²) >= 11 is 0. The highest BCUT2D eigenvalue weighted by molar-refractivity contribution is 5.59. The Hall–Kier alpha value is -2.80. The van der Waals surface area contributed by atoms with Gasteiger partial charge in [-0.05, 0) is 23.8 Å². The number of aliphatic hydroxyl groups is 1. The van der Waals surface area contributed by atoms with Crippen LogP contribution in [0.1, 0.15) is 30.4 Å². The molecule has 0 unspecified atom stereocenters. The number of fused-ring (bicyclic) bond motifs is 2. The second-order valence-electron chi connectivity index (χ2n) is 6.74. The van der Waals surface area contributed by atoms with Gasteiger partial charge in [0.2, 0.25) is 18.3 Å².